The number of carbonyl (C=O) groups is 1. The third kappa shape index (κ3) is 1.17. The van der Waals surface area contributed by atoms with Crippen LogP contribution in [0.3, 0.4) is 0 Å². The van der Waals surface area contributed by atoms with Crippen LogP contribution in [0.5, 0.6) is 0 Å². The van der Waals surface area contributed by atoms with Crippen LogP contribution in [-0.4, -0.2) is 10.9 Å². The van der Waals surface area contributed by atoms with Gasteiger partial charge in [-0.3, -0.25) is 4.79 Å². The molecule has 0 bridgehead atoms. The number of thiophene rings is 1. The summed E-state index contributed by atoms with van der Waals surface area (Å²) in [5, 5.41) is 0.348. The summed E-state index contributed by atoms with van der Waals surface area (Å²) in [5.74, 6) is -1.32. The minimum atomic E-state index is -0.750. The Labute approximate surface area is 77.0 Å². The number of carbonyl (C=O) groups excluding carboxylic acids is 1. The van der Waals surface area contributed by atoms with Gasteiger partial charge in [0, 0.05) is 11.6 Å². The first-order chi connectivity index (χ1) is 6.20. The lowest BCUT2D eigenvalue weighted by molar-refractivity contribution is 0.100. The smallest absolute Gasteiger partial charge is 0.261 e. The van der Waals surface area contributed by atoms with Crippen LogP contribution in [0.2, 0.25) is 0 Å². The highest BCUT2D eigenvalue weighted by atomic mass is 32.1. The number of primary amides is 1. The molecule has 0 unspecified atom stereocenters. The average molecular weight is 196 g/mol. The van der Waals surface area contributed by atoms with Gasteiger partial charge in [0.25, 0.3) is 5.91 Å². The second-order valence-electron chi connectivity index (χ2n) is 2.47. The van der Waals surface area contributed by atoms with Crippen molar-refractivity contribution in [2.75, 3.05) is 0 Å². The molecule has 0 aliphatic rings. The maximum atomic E-state index is 13.3. The van der Waals surface area contributed by atoms with Gasteiger partial charge in [-0.25, -0.2) is 9.37 Å². The van der Waals surface area contributed by atoms with E-state index >= 15 is 0 Å². The number of hydrogen-bond donors (Lipinski definition) is 1. The molecular weight excluding hydrogens is 191 g/mol. The van der Waals surface area contributed by atoms with E-state index in [2.05, 4.69) is 4.98 Å². The summed E-state index contributed by atoms with van der Waals surface area (Å²) in [6, 6.07) is 3.18. The van der Waals surface area contributed by atoms with Gasteiger partial charge in [0.1, 0.15) is 9.71 Å². The van der Waals surface area contributed by atoms with Crippen molar-refractivity contribution < 1.29 is 9.18 Å². The van der Waals surface area contributed by atoms with Crippen LogP contribution >= 0.6 is 11.3 Å². The van der Waals surface area contributed by atoms with Gasteiger partial charge in [-0.05, 0) is 12.1 Å². The van der Waals surface area contributed by atoms with Crippen molar-refractivity contribution in [2.24, 2.45) is 5.73 Å². The number of nitrogens with two attached hydrogens (primary N) is 1. The van der Waals surface area contributed by atoms with Gasteiger partial charge < -0.3 is 5.73 Å². The Kier molecular flexibility index (Phi) is 1.73. The molecule has 2 rings (SSSR count). The van der Waals surface area contributed by atoms with Crippen molar-refractivity contribution in [3.05, 3.63) is 29.0 Å². The molecule has 0 atom stereocenters. The number of amides is 1. The molecule has 2 aromatic rings. The predicted molar refractivity (Wildman–Crippen MR) is 48.1 cm³/mol. The normalized spacial score (nSPS) is 10.5. The number of rotatable bonds is 1. The quantitative estimate of drug-likeness (QED) is 0.752. The number of pyridine rings is 1. The predicted octanol–water partition coefficient (Wildman–Crippen LogP) is 1.53. The summed E-state index contributed by atoms with van der Waals surface area (Å²) in [4.78, 5) is 15.1. The van der Waals surface area contributed by atoms with Gasteiger partial charge in [-0.1, -0.05) is 0 Å². The Morgan fingerprint density at radius 2 is 2.38 bits per heavy atom. The van der Waals surface area contributed by atoms with E-state index in [0.717, 1.165) is 11.3 Å². The Morgan fingerprint density at radius 3 is 3.00 bits per heavy atom. The summed E-state index contributed by atoms with van der Waals surface area (Å²) >= 11 is 0.971. The average Bonchev–Trinajstić information content (AvgIpc) is 2.45. The van der Waals surface area contributed by atoms with E-state index in [4.69, 9.17) is 5.73 Å². The number of hydrogen-bond acceptors (Lipinski definition) is 3. The summed E-state index contributed by atoms with van der Waals surface area (Å²) in [6.07, 6.45) is 1.54. The van der Waals surface area contributed by atoms with Crippen LogP contribution in [-0.2, 0) is 0 Å². The zero-order chi connectivity index (χ0) is 9.42. The van der Waals surface area contributed by atoms with Gasteiger partial charge in [0.2, 0.25) is 0 Å². The van der Waals surface area contributed by atoms with Crippen molar-refractivity contribution >= 4 is 27.5 Å². The van der Waals surface area contributed by atoms with Crippen LogP contribution < -0.4 is 5.73 Å². The molecular formula is C8H5FN2OS. The Hall–Kier alpha value is -1.49. The van der Waals surface area contributed by atoms with Crippen LogP contribution in [0, 0.1) is 5.82 Å². The van der Waals surface area contributed by atoms with Gasteiger partial charge in [0.15, 0.2) is 5.82 Å². The number of aromatic nitrogens is 1. The lowest BCUT2D eigenvalue weighted by Crippen LogP contribution is -2.10. The van der Waals surface area contributed by atoms with Crippen LogP contribution in [0.1, 0.15) is 9.67 Å². The molecule has 0 radical (unpaired) electrons. The molecule has 2 N–H and O–H groups in total. The zero-order valence-electron chi connectivity index (χ0n) is 6.45. The maximum absolute atomic E-state index is 13.3. The van der Waals surface area contributed by atoms with Crippen LogP contribution in [0.15, 0.2) is 18.3 Å². The lowest BCUT2D eigenvalue weighted by atomic mass is 10.3. The number of nitrogens with zero attached hydrogens (tertiary/aromatic N) is 1. The molecule has 2 heterocycles. The monoisotopic (exact) mass is 196 g/mol. The minimum absolute atomic E-state index is 0.0614. The van der Waals surface area contributed by atoms with Gasteiger partial charge in [-0.2, -0.15) is 0 Å². The molecule has 0 fully saturated rings. The molecule has 66 valence electrons. The molecule has 0 aliphatic heterocycles. The third-order valence-corrected chi connectivity index (χ3v) is 2.73. The van der Waals surface area contributed by atoms with Gasteiger partial charge >= 0.3 is 0 Å². The van der Waals surface area contributed by atoms with Gasteiger partial charge in [0.05, 0.1) is 0 Å². The molecule has 2 aromatic heterocycles. The second kappa shape index (κ2) is 2.77. The maximum Gasteiger partial charge on any atom is 0.261 e. The van der Waals surface area contributed by atoms with E-state index in [9.17, 15) is 9.18 Å². The fraction of sp³-hybridized carbons (Fsp3) is 0. The first-order valence-electron chi connectivity index (χ1n) is 3.53. The second-order valence-corrected chi connectivity index (χ2v) is 3.46. The summed E-state index contributed by atoms with van der Waals surface area (Å²) in [7, 11) is 0. The van der Waals surface area contributed by atoms with Crippen molar-refractivity contribution in [3.8, 4) is 0 Å². The zero-order valence-corrected chi connectivity index (χ0v) is 7.27. The van der Waals surface area contributed by atoms with Crippen molar-refractivity contribution in [1.29, 1.82) is 0 Å². The Morgan fingerprint density at radius 1 is 1.62 bits per heavy atom. The van der Waals surface area contributed by atoms with Crippen molar-refractivity contribution in [1.82, 2.24) is 4.98 Å². The van der Waals surface area contributed by atoms with Gasteiger partial charge in [-0.15, -0.1) is 11.3 Å². The number of halogens is 1. The topological polar surface area (TPSA) is 56.0 Å². The summed E-state index contributed by atoms with van der Waals surface area (Å²) in [5.41, 5.74) is 4.98. The molecule has 1 amide bonds. The fourth-order valence-electron chi connectivity index (χ4n) is 1.06. The Bertz CT molecular complexity index is 480. The van der Waals surface area contributed by atoms with E-state index < -0.39 is 11.7 Å². The van der Waals surface area contributed by atoms with E-state index in [0.29, 0.717) is 10.2 Å². The highest BCUT2D eigenvalue weighted by Crippen LogP contribution is 2.27. The molecule has 5 heteroatoms. The van der Waals surface area contributed by atoms with E-state index in [1.54, 1.807) is 18.3 Å². The standard InChI is InChI=1S/C8H5FN2OS/c9-5-4-2-1-3-11-8(4)13-6(5)7(10)12/h1-3H,(H2,10,12). The van der Waals surface area contributed by atoms with Crippen molar-refractivity contribution in [2.45, 2.75) is 0 Å². The third-order valence-electron chi connectivity index (χ3n) is 1.63. The molecule has 3 nitrogen and oxygen atoms in total. The highest BCUT2D eigenvalue weighted by molar-refractivity contribution is 7.20. The molecule has 13 heavy (non-hydrogen) atoms. The lowest BCUT2D eigenvalue weighted by Gasteiger charge is -1.86. The largest absolute Gasteiger partial charge is 0.365 e. The molecule has 0 saturated heterocycles. The highest BCUT2D eigenvalue weighted by Gasteiger charge is 2.15. The first-order valence-corrected chi connectivity index (χ1v) is 4.34. The minimum Gasteiger partial charge on any atom is -0.365 e. The SMILES string of the molecule is NC(=O)c1sc2ncccc2c1F. The summed E-state index contributed by atoms with van der Waals surface area (Å²) in [6.45, 7) is 0. The van der Waals surface area contributed by atoms with E-state index in [1.807, 2.05) is 0 Å². The molecule has 0 aromatic carbocycles. The summed E-state index contributed by atoms with van der Waals surface area (Å²) < 4.78 is 13.3. The van der Waals surface area contributed by atoms with Crippen molar-refractivity contribution in [3.63, 3.8) is 0 Å². The molecule has 0 saturated carbocycles. The van der Waals surface area contributed by atoms with Crippen LogP contribution in [0.25, 0.3) is 10.2 Å². The molecule has 0 spiro atoms. The van der Waals surface area contributed by atoms with E-state index in [1.165, 1.54) is 0 Å². The molecule has 0 aliphatic carbocycles. The van der Waals surface area contributed by atoms with Crippen LogP contribution in [0.4, 0.5) is 4.39 Å². The van der Waals surface area contributed by atoms with E-state index in [-0.39, 0.29) is 4.88 Å². The first kappa shape index (κ1) is 8.12. The Balaban J connectivity index is 2.81. The fourth-order valence-corrected chi connectivity index (χ4v) is 1.94. The number of fused-ring (bicyclic) bond motifs is 1.